The van der Waals surface area contributed by atoms with E-state index in [9.17, 15) is 8.42 Å². The third kappa shape index (κ3) is 3.16. The van der Waals surface area contributed by atoms with E-state index in [2.05, 4.69) is 0 Å². The van der Waals surface area contributed by atoms with Gasteiger partial charge in [0, 0.05) is 12.6 Å². The lowest BCUT2D eigenvalue weighted by atomic mass is 10.2. The van der Waals surface area contributed by atoms with Gasteiger partial charge in [0.15, 0.2) is 0 Å². The molecule has 0 aromatic carbocycles. The van der Waals surface area contributed by atoms with Crippen LogP contribution >= 0.6 is 0 Å². The summed E-state index contributed by atoms with van der Waals surface area (Å²) < 4.78 is 31.1. The maximum atomic E-state index is 12.0. The van der Waals surface area contributed by atoms with E-state index in [0.29, 0.717) is 19.6 Å². The molecule has 1 fully saturated rings. The van der Waals surface area contributed by atoms with Crippen molar-refractivity contribution < 1.29 is 13.2 Å². The normalized spacial score (nSPS) is 29.3. The molecule has 0 spiro atoms. The van der Waals surface area contributed by atoms with Crippen molar-refractivity contribution in [3.63, 3.8) is 0 Å². The van der Waals surface area contributed by atoms with E-state index in [1.807, 2.05) is 20.8 Å². The molecule has 0 N–H and O–H groups in total. The number of sulfonamides is 1. The van der Waals surface area contributed by atoms with Crippen LogP contribution < -0.4 is 0 Å². The lowest BCUT2D eigenvalue weighted by Gasteiger charge is -2.37. The fourth-order valence-electron chi connectivity index (χ4n) is 1.85. The predicted molar refractivity (Wildman–Crippen MR) is 60.3 cm³/mol. The highest BCUT2D eigenvalue weighted by Gasteiger charge is 2.33. The second kappa shape index (κ2) is 5.27. The highest BCUT2D eigenvalue weighted by molar-refractivity contribution is 7.89. The molecule has 1 aliphatic heterocycles. The minimum atomic E-state index is -3.07. The molecule has 1 heterocycles. The van der Waals surface area contributed by atoms with Gasteiger partial charge in [0.05, 0.1) is 18.5 Å². The zero-order valence-corrected chi connectivity index (χ0v) is 10.6. The van der Waals surface area contributed by atoms with E-state index in [0.717, 1.165) is 6.42 Å². The molecular formula is C10H21NO3S. The second-order valence-electron chi connectivity index (χ2n) is 4.09. The number of ether oxygens (including phenoxy) is 1. The van der Waals surface area contributed by atoms with Crippen molar-refractivity contribution in [3.05, 3.63) is 0 Å². The minimum absolute atomic E-state index is 0.0134. The Kier molecular flexibility index (Phi) is 4.55. The van der Waals surface area contributed by atoms with Crippen LogP contribution in [0.3, 0.4) is 0 Å². The number of hydrogen-bond donors (Lipinski definition) is 0. The number of rotatable bonds is 4. The van der Waals surface area contributed by atoms with E-state index in [4.69, 9.17) is 4.74 Å². The SMILES string of the molecule is CCCS(=O)(=O)N1CC(C)OCC1CC. The molecule has 0 aromatic rings. The van der Waals surface area contributed by atoms with Crippen LogP contribution in [0.4, 0.5) is 0 Å². The van der Waals surface area contributed by atoms with Gasteiger partial charge in [-0.3, -0.25) is 0 Å². The van der Waals surface area contributed by atoms with Gasteiger partial charge in [-0.1, -0.05) is 13.8 Å². The molecule has 15 heavy (non-hydrogen) atoms. The van der Waals surface area contributed by atoms with Crippen LogP contribution in [0.15, 0.2) is 0 Å². The Morgan fingerprint density at radius 1 is 1.40 bits per heavy atom. The first-order chi connectivity index (χ1) is 7.01. The lowest BCUT2D eigenvalue weighted by molar-refractivity contribution is -0.0230. The van der Waals surface area contributed by atoms with Crippen molar-refractivity contribution in [1.82, 2.24) is 4.31 Å². The summed E-state index contributed by atoms with van der Waals surface area (Å²) in [5.41, 5.74) is 0. The largest absolute Gasteiger partial charge is 0.375 e. The van der Waals surface area contributed by atoms with Crippen LogP contribution in [0.5, 0.6) is 0 Å². The summed E-state index contributed by atoms with van der Waals surface area (Å²) in [7, 11) is -3.07. The molecule has 2 atom stereocenters. The Morgan fingerprint density at radius 2 is 2.07 bits per heavy atom. The van der Waals surface area contributed by atoms with Crippen molar-refractivity contribution in [2.45, 2.75) is 45.8 Å². The zero-order valence-electron chi connectivity index (χ0n) is 9.77. The third-order valence-corrected chi connectivity index (χ3v) is 4.79. The zero-order chi connectivity index (χ0) is 11.5. The lowest BCUT2D eigenvalue weighted by Crippen LogP contribution is -2.51. The van der Waals surface area contributed by atoms with Crippen molar-refractivity contribution in [2.24, 2.45) is 0 Å². The van der Waals surface area contributed by atoms with Gasteiger partial charge in [-0.25, -0.2) is 8.42 Å². The highest BCUT2D eigenvalue weighted by atomic mass is 32.2. The molecule has 0 amide bonds. The topological polar surface area (TPSA) is 46.6 Å². The van der Waals surface area contributed by atoms with Gasteiger partial charge in [-0.2, -0.15) is 4.31 Å². The molecule has 2 unspecified atom stereocenters. The summed E-state index contributed by atoms with van der Waals surface area (Å²) in [6, 6.07) is 0.0257. The van der Waals surface area contributed by atoms with Crippen LogP contribution in [0.2, 0.25) is 0 Å². The molecule has 0 bridgehead atoms. The molecule has 0 aromatic heterocycles. The maximum absolute atomic E-state index is 12.0. The van der Waals surface area contributed by atoms with Gasteiger partial charge in [0.2, 0.25) is 10.0 Å². The van der Waals surface area contributed by atoms with Crippen molar-refractivity contribution in [1.29, 1.82) is 0 Å². The monoisotopic (exact) mass is 235 g/mol. The molecule has 5 heteroatoms. The van der Waals surface area contributed by atoms with Crippen LogP contribution in [-0.4, -0.2) is 43.8 Å². The molecular weight excluding hydrogens is 214 g/mol. The number of morpholine rings is 1. The summed E-state index contributed by atoms with van der Waals surface area (Å²) in [6.45, 7) is 6.84. The van der Waals surface area contributed by atoms with Gasteiger partial charge >= 0.3 is 0 Å². The maximum Gasteiger partial charge on any atom is 0.214 e. The van der Waals surface area contributed by atoms with Crippen LogP contribution in [-0.2, 0) is 14.8 Å². The van der Waals surface area contributed by atoms with E-state index in [1.165, 1.54) is 0 Å². The minimum Gasteiger partial charge on any atom is -0.375 e. The van der Waals surface area contributed by atoms with Gasteiger partial charge in [-0.05, 0) is 19.8 Å². The smallest absolute Gasteiger partial charge is 0.214 e. The summed E-state index contributed by atoms with van der Waals surface area (Å²) >= 11 is 0. The van der Waals surface area contributed by atoms with Gasteiger partial charge in [0.1, 0.15) is 0 Å². The highest BCUT2D eigenvalue weighted by Crippen LogP contribution is 2.19. The third-order valence-electron chi connectivity index (χ3n) is 2.71. The number of hydrogen-bond acceptors (Lipinski definition) is 3. The second-order valence-corrected chi connectivity index (χ2v) is 6.13. The Balaban J connectivity index is 2.79. The molecule has 0 radical (unpaired) electrons. The Morgan fingerprint density at radius 3 is 2.60 bits per heavy atom. The van der Waals surface area contributed by atoms with E-state index >= 15 is 0 Å². The Hall–Kier alpha value is -0.130. The first-order valence-corrected chi connectivity index (χ1v) is 7.23. The number of nitrogens with zero attached hydrogens (tertiary/aromatic N) is 1. The van der Waals surface area contributed by atoms with Crippen LogP contribution in [0.25, 0.3) is 0 Å². The Bertz CT molecular complexity index is 289. The summed E-state index contributed by atoms with van der Waals surface area (Å²) in [5, 5.41) is 0. The molecule has 0 saturated carbocycles. The van der Waals surface area contributed by atoms with E-state index < -0.39 is 10.0 Å². The fourth-order valence-corrected chi connectivity index (χ4v) is 3.70. The molecule has 1 aliphatic rings. The molecule has 0 aliphatic carbocycles. The predicted octanol–water partition coefficient (Wildman–Crippen LogP) is 1.23. The quantitative estimate of drug-likeness (QED) is 0.736. The average molecular weight is 235 g/mol. The van der Waals surface area contributed by atoms with E-state index in [1.54, 1.807) is 4.31 Å². The molecule has 4 nitrogen and oxygen atoms in total. The molecule has 1 saturated heterocycles. The Labute approximate surface area is 92.7 Å². The summed E-state index contributed by atoms with van der Waals surface area (Å²) in [5.74, 6) is 0.246. The van der Waals surface area contributed by atoms with E-state index in [-0.39, 0.29) is 17.9 Å². The molecule has 1 rings (SSSR count). The van der Waals surface area contributed by atoms with Crippen LogP contribution in [0, 0.1) is 0 Å². The first-order valence-electron chi connectivity index (χ1n) is 5.62. The van der Waals surface area contributed by atoms with Crippen molar-refractivity contribution >= 4 is 10.0 Å². The van der Waals surface area contributed by atoms with Gasteiger partial charge < -0.3 is 4.74 Å². The first kappa shape index (κ1) is 12.9. The van der Waals surface area contributed by atoms with Gasteiger partial charge in [0.25, 0.3) is 0 Å². The average Bonchev–Trinajstić information content (AvgIpc) is 2.17. The summed E-state index contributed by atoms with van der Waals surface area (Å²) in [6.07, 6.45) is 1.50. The standard InChI is InChI=1S/C10H21NO3S/c1-4-6-15(12,13)11-7-9(3)14-8-10(11)5-2/h9-10H,4-8H2,1-3H3. The van der Waals surface area contributed by atoms with Crippen molar-refractivity contribution in [2.75, 3.05) is 18.9 Å². The van der Waals surface area contributed by atoms with Gasteiger partial charge in [-0.15, -0.1) is 0 Å². The van der Waals surface area contributed by atoms with Crippen molar-refractivity contribution in [3.8, 4) is 0 Å². The van der Waals surface area contributed by atoms with Crippen LogP contribution in [0.1, 0.15) is 33.6 Å². The molecule has 90 valence electrons. The summed E-state index contributed by atoms with van der Waals surface area (Å²) in [4.78, 5) is 0. The fraction of sp³-hybridized carbons (Fsp3) is 1.00.